The molecule has 0 saturated carbocycles. The van der Waals surface area contributed by atoms with Gasteiger partial charge in [-0.25, -0.2) is 8.42 Å². The van der Waals surface area contributed by atoms with Crippen molar-refractivity contribution in [3.8, 4) is 0 Å². The highest BCUT2D eigenvalue weighted by molar-refractivity contribution is 7.99. The molecule has 7 heteroatoms. The van der Waals surface area contributed by atoms with E-state index in [1.807, 2.05) is 16.7 Å². The summed E-state index contributed by atoms with van der Waals surface area (Å²) >= 11 is 1.86. The van der Waals surface area contributed by atoms with Crippen molar-refractivity contribution in [3.63, 3.8) is 0 Å². The summed E-state index contributed by atoms with van der Waals surface area (Å²) in [7, 11) is -3.33. The Morgan fingerprint density at radius 3 is 2.83 bits per heavy atom. The third-order valence-electron chi connectivity index (χ3n) is 4.54. The van der Waals surface area contributed by atoms with Crippen LogP contribution in [0.3, 0.4) is 0 Å². The van der Waals surface area contributed by atoms with Crippen molar-refractivity contribution in [2.45, 2.75) is 36.3 Å². The second kappa shape index (κ2) is 7.45. The summed E-state index contributed by atoms with van der Waals surface area (Å²) in [5, 5.41) is 0. The Bertz CT molecular complexity index is 692. The minimum Gasteiger partial charge on any atom is -0.376 e. The molecule has 24 heavy (non-hydrogen) atoms. The van der Waals surface area contributed by atoms with Gasteiger partial charge in [-0.2, -0.15) is 11.8 Å². The number of carbonyl (C=O) groups excluding carboxylic acids is 1. The fraction of sp³-hybridized carbons (Fsp3) is 0.588. The summed E-state index contributed by atoms with van der Waals surface area (Å²) in [6, 6.07) is 6.55. The average molecular weight is 370 g/mol. The lowest BCUT2D eigenvalue weighted by Crippen LogP contribution is -2.44. The van der Waals surface area contributed by atoms with Crippen molar-refractivity contribution in [3.05, 3.63) is 29.8 Å². The van der Waals surface area contributed by atoms with E-state index in [1.54, 1.807) is 12.1 Å². The summed E-state index contributed by atoms with van der Waals surface area (Å²) < 4.78 is 29.2. The number of sulfone groups is 1. The van der Waals surface area contributed by atoms with Gasteiger partial charge in [0.25, 0.3) is 5.91 Å². The molecule has 0 aliphatic carbocycles. The van der Waals surface area contributed by atoms with Crippen molar-refractivity contribution in [2.24, 2.45) is 0 Å². The van der Waals surface area contributed by atoms with Crippen LogP contribution in [-0.2, 0) is 14.6 Å². The molecule has 2 aliphatic rings. The van der Waals surface area contributed by atoms with E-state index in [0.717, 1.165) is 43.6 Å². The minimum absolute atomic E-state index is 0.0940. The second-order valence-corrected chi connectivity index (χ2v) is 9.58. The van der Waals surface area contributed by atoms with Crippen molar-refractivity contribution in [2.75, 3.05) is 30.9 Å². The van der Waals surface area contributed by atoms with E-state index in [9.17, 15) is 13.2 Å². The van der Waals surface area contributed by atoms with Gasteiger partial charge in [0, 0.05) is 36.8 Å². The lowest BCUT2D eigenvalue weighted by Gasteiger charge is -2.31. The van der Waals surface area contributed by atoms with E-state index in [0.29, 0.717) is 12.1 Å². The number of hydrogen-bond acceptors (Lipinski definition) is 5. The molecule has 1 amide bonds. The molecule has 2 fully saturated rings. The van der Waals surface area contributed by atoms with Gasteiger partial charge in [-0.3, -0.25) is 4.79 Å². The predicted octanol–water partition coefficient (Wildman–Crippen LogP) is 2.22. The van der Waals surface area contributed by atoms with E-state index in [1.165, 1.54) is 12.1 Å². The first kappa shape index (κ1) is 17.8. The topological polar surface area (TPSA) is 63.7 Å². The smallest absolute Gasteiger partial charge is 0.254 e. The molecule has 0 bridgehead atoms. The molecule has 0 spiro atoms. The van der Waals surface area contributed by atoms with Crippen molar-refractivity contribution >= 4 is 27.5 Å². The van der Waals surface area contributed by atoms with Crippen LogP contribution in [-0.4, -0.2) is 62.3 Å². The average Bonchev–Trinajstić information content (AvgIpc) is 3.24. The lowest BCUT2D eigenvalue weighted by molar-refractivity contribution is 0.0441. The maximum atomic E-state index is 13.1. The maximum absolute atomic E-state index is 13.1. The lowest BCUT2D eigenvalue weighted by atomic mass is 10.1. The second-order valence-electron chi connectivity index (χ2n) is 6.41. The monoisotopic (exact) mass is 369 g/mol. The van der Waals surface area contributed by atoms with Gasteiger partial charge < -0.3 is 9.64 Å². The molecule has 2 unspecified atom stereocenters. The molecule has 2 atom stereocenters. The molecule has 0 N–H and O–H groups in total. The van der Waals surface area contributed by atoms with Crippen LogP contribution >= 0.6 is 11.8 Å². The standard InChI is InChI=1S/C17H23NO4S2/c1-24(20,21)16-6-2-4-13(10-16)17(19)18(14-7-9-23-12-14)11-15-5-3-8-22-15/h2,4,6,10,14-15H,3,5,7-9,11-12H2,1H3. The normalized spacial score (nSPS) is 24.2. The van der Waals surface area contributed by atoms with Crippen molar-refractivity contribution in [1.82, 2.24) is 4.90 Å². The highest BCUT2D eigenvalue weighted by Crippen LogP contribution is 2.26. The highest BCUT2D eigenvalue weighted by Gasteiger charge is 2.31. The molecular formula is C17H23NO4S2. The first-order valence-electron chi connectivity index (χ1n) is 8.25. The zero-order chi connectivity index (χ0) is 17.2. The van der Waals surface area contributed by atoms with Crippen LogP contribution in [0.25, 0.3) is 0 Å². The van der Waals surface area contributed by atoms with Gasteiger partial charge in [0.05, 0.1) is 11.0 Å². The third kappa shape index (κ3) is 4.13. The zero-order valence-corrected chi connectivity index (χ0v) is 15.4. The molecule has 5 nitrogen and oxygen atoms in total. The Balaban J connectivity index is 1.84. The quantitative estimate of drug-likeness (QED) is 0.796. The number of amides is 1. The number of benzene rings is 1. The molecule has 1 aromatic carbocycles. The fourth-order valence-corrected chi connectivity index (χ4v) is 5.09. The Morgan fingerprint density at radius 1 is 1.38 bits per heavy atom. The molecular weight excluding hydrogens is 346 g/mol. The summed E-state index contributed by atoms with van der Waals surface area (Å²) in [4.78, 5) is 15.2. The molecule has 132 valence electrons. The molecule has 2 aliphatic heterocycles. The Hall–Kier alpha value is -1.05. The molecule has 0 radical (unpaired) electrons. The van der Waals surface area contributed by atoms with E-state index in [4.69, 9.17) is 4.74 Å². The van der Waals surface area contributed by atoms with E-state index >= 15 is 0 Å². The fourth-order valence-electron chi connectivity index (χ4n) is 3.20. The SMILES string of the molecule is CS(=O)(=O)c1cccc(C(=O)N(CC2CCCO2)C2CCSC2)c1. The van der Waals surface area contributed by atoms with Crippen molar-refractivity contribution in [1.29, 1.82) is 0 Å². The summed E-state index contributed by atoms with van der Waals surface area (Å²) in [6.45, 7) is 1.35. The molecule has 2 heterocycles. The van der Waals surface area contributed by atoms with Crippen LogP contribution in [0.5, 0.6) is 0 Å². The molecule has 1 aromatic rings. The summed E-state index contributed by atoms with van der Waals surface area (Å²) in [5.41, 5.74) is 0.438. The number of hydrogen-bond donors (Lipinski definition) is 0. The first-order chi connectivity index (χ1) is 11.4. The van der Waals surface area contributed by atoms with Gasteiger partial charge in [-0.15, -0.1) is 0 Å². The maximum Gasteiger partial charge on any atom is 0.254 e. The van der Waals surface area contributed by atoms with Crippen molar-refractivity contribution < 1.29 is 17.9 Å². The van der Waals surface area contributed by atoms with Gasteiger partial charge >= 0.3 is 0 Å². The number of carbonyl (C=O) groups is 1. The highest BCUT2D eigenvalue weighted by atomic mass is 32.2. The molecule has 2 saturated heterocycles. The number of ether oxygens (including phenoxy) is 1. The Labute approximate surface area is 147 Å². The number of nitrogens with zero attached hydrogens (tertiary/aromatic N) is 1. The Morgan fingerprint density at radius 2 is 2.21 bits per heavy atom. The van der Waals surface area contributed by atoms with E-state index < -0.39 is 9.84 Å². The van der Waals surface area contributed by atoms with E-state index in [-0.39, 0.29) is 22.9 Å². The van der Waals surface area contributed by atoms with Crippen LogP contribution in [0.1, 0.15) is 29.6 Å². The van der Waals surface area contributed by atoms with Gasteiger partial charge in [0.15, 0.2) is 9.84 Å². The first-order valence-corrected chi connectivity index (χ1v) is 11.3. The minimum atomic E-state index is -3.33. The van der Waals surface area contributed by atoms with Gasteiger partial charge in [-0.1, -0.05) is 6.07 Å². The molecule has 0 aromatic heterocycles. The predicted molar refractivity (Wildman–Crippen MR) is 95.3 cm³/mol. The number of rotatable bonds is 5. The van der Waals surface area contributed by atoms with Gasteiger partial charge in [0.2, 0.25) is 0 Å². The van der Waals surface area contributed by atoms with Gasteiger partial charge in [-0.05, 0) is 43.2 Å². The van der Waals surface area contributed by atoms with Crippen LogP contribution in [0.4, 0.5) is 0 Å². The number of thioether (sulfide) groups is 1. The van der Waals surface area contributed by atoms with Crippen LogP contribution < -0.4 is 0 Å². The summed E-state index contributed by atoms with van der Waals surface area (Å²) in [5.74, 6) is 1.90. The third-order valence-corrected chi connectivity index (χ3v) is 6.80. The van der Waals surface area contributed by atoms with Gasteiger partial charge in [0.1, 0.15) is 0 Å². The molecule has 3 rings (SSSR count). The largest absolute Gasteiger partial charge is 0.376 e. The van der Waals surface area contributed by atoms with Crippen LogP contribution in [0.2, 0.25) is 0 Å². The van der Waals surface area contributed by atoms with E-state index in [2.05, 4.69) is 0 Å². The van der Waals surface area contributed by atoms with Crippen LogP contribution in [0, 0.1) is 0 Å². The summed E-state index contributed by atoms with van der Waals surface area (Å²) in [6.07, 6.45) is 4.25. The Kier molecular flexibility index (Phi) is 5.52. The zero-order valence-electron chi connectivity index (χ0n) is 13.8. The van der Waals surface area contributed by atoms with Crippen LogP contribution in [0.15, 0.2) is 29.2 Å².